The molecule has 0 heterocycles. The molecule has 4 heteroatoms. The highest BCUT2D eigenvalue weighted by Crippen LogP contribution is 2.48. The molecule has 0 aliphatic heterocycles. The number of hydrogen-bond donors (Lipinski definition) is 1. The standard InChI is InChI=1S/C40H34ClNO2/c1-40(2,3)30-23-33(27-36(24-30)44-35-20-10-17-31(41)25-35)42(32-18-11-19-34(43)26-32)39-37(28-13-6-4-7-14-28)21-12-22-38(39)29-15-8-5-9-16-29/h4-27,43H,1-3H3. The Balaban J connectivity index is 1.67. The summed E-state index contributed by atoms with van der Waals surface area (Å²) in [6.07, 6.45) is 0. The van der Waals surface area contributed by atoms with Crippen LogP contribution in [0.2, 0.25) is 5.02 Å². The molecule has 0 saturated heterocycles. The van der Waals surface area contributed by atoms with Crippen LogP contribution in [0.25, 0.3) is 22.3 Å². The number of anilines is 3. The molecule has 6 aromatic carbocycles. The normalized spacial score (nSPS) is 11.3. The molecular weight excluding hydrogens is 562 g/mol. The molecule has 0 radical (unpaired) electrons. The van der Waals surface area contributed by atoms with Crippen LogP contribution >= 0.6 is 11.6 Å². The quantitative estimate of drug-likeness (QED) is 0.199. The third-order valence-electron chi connectivity index (χ3n) is 7.56. The van der Waals surface area contributed by atoms with Crippen LogP contribution in [-0.2, 0) is 5.41 Å². The molecule has 0 aromatic heterocycles. The van der Waals surface area contributed by atoms with E-state index >= 15 is 0 Å². The van der Waals surface area contributed by atoms with E-state index in [-0.39, 0.29) is 11.2 Å². The monoisotopic (exact) mass is 595 g/mol. The molecule has 0 amide bonds. The van der Waals surface area contributed by atoms with Crippen LogP contribution in [0.1, 0.15) is 26.3 Å². The van der Waals surface area contributed by atoms with Gasteiger partial charge in [0.2, 0.25) is 0 Å². The third-order valence-corrected chi connectivity index (χ3v) is 7.80. The van der Waals surface area contributed by atoms with Gasteiger partial charge in [0.15, 0.2) is 0 Å². The Morgan fingerprint density at radius 1 is 0.568 bits per heavy atom. The van der Waals surface area contributed by atoms with Crippen molar-refractivity contribution in [2.75, 3.05) is 4.90 Å². The van der Waals surface area contributed by atoms with Crippen molar-refractivity contribution in [1.82, 2.24) is 0 Å². The first-order valence-electron chi connectivity index (χ1n) is 14.7. The van der Waals surface area contributed by atoms with E-state index in [0.717, 1.165) is 44.9 Å². The van der Waals surface area contributed by atoms with Crippen LogP contribution in [0.15, 0.2) is 146 Å². The van der Waals surface area contributed by atoms with Crippen molar-refractivity contribution in [3.8, 4) is 39.5 Å². The minimum atomic E-state index is -0.172. The molecule has 6 aromatic rings. The van der Waals surface area contributed by atoms with Gasteiger partial charge in [0.1, 0.15) is 17.2 Å². The van der Waals surface area contributed by atoms with E-state index in [2.05, 4.69) is 111 Å². The lowest BCUT2D eigenvalue weighted by Crippen LogP contribution is -2.16. The van der Waals surface area contributed by atoms with Crippen molar-refractivity contribution in [2.45, 2.75) is 26.2 Å². The fraction of sp³-hybridized carbons (Fsp3) is 0.100. The fourth-order valence-corrected chi connectivity index (χ4v) is 5.58. The zero-order valence-corrected chi connectivity index (χ0v) is 25.8. The van der Waals surface area contributed by atoms with Gasteiger partial charge in [0, 0.05) is 34.0 Å². The summed E-state index contributed by atoms with van der Waals surface area (Å²) in [5.74, 6) is 1.54. The first kappa shape index (κ1) is 29.1. The highest BCUT2D eigenvalue weighted by atomic mass is 35.5. The SMILES string of the molecule is CC(C)(C)c1cc(Oc2cccc(Cl)c2)cc(N(c2cccc(O)c2)c2c(-c3ccccc3)cccc2-c2ccccc2)c1. The second-order valence-corrected chi connectivity index (χ2v) is 12.3. The summed E-state index contributed by atoms with van der Waals surface area (Å²) < 4.78 is 6.45. The van der Waals surface area contributed by atoms with Gasteiger partial charge in [0.25, 0.3) is 0 Å². The van der Waals surface area contributed by atoms with Crippen LogP contribution in [0.4, 0.5) is 17.1 Å². The van der Waals surface area contributed by atoms with Gasteiger partial charge in [-0.2, -0.15) is 0 Å². The molecule has 3 nitrogen and oxygen atoms in total. The maximum Gasteiger partial charge on any atom is 0.129 e. The Kier molecular flexibility index (Phi) is 8.15. The van der Waals surface area contributed by atoms with E-state index in [4.69, 9.17) is 16.3 Å². The predicted octanol–water partition coefficient (Wildman–Crippen LogP) is 11.9. The van der Waals surface area contributed by atoms with E-state index in [1.807, 2.05) is 48.5 Å². The molecule has 44 heavy (non-hydrogen) atoms. The molecule has 0 bridgehead atoms. The predicted molar refractivity (Wildman–Crippen MR) is 184 cm³/mol. The number of phenolic OH excluding ortho intramolecular Hbond substituents is 1. The smallest absolute Gasteiger partial charge is 0.129 e. The lowest BCUT2D eigenvalue weighted by Gasteiger charge is -2.32. The van der Waals surface area contributed by atoms with Crippen LogP contribution in [-0.4, -0.2) is 5.11 Å². The minimum absolute atomic E-state index is 0.172. The number of nitrogens with zero attached hydrogens (tertiary/aromatic N) is 1. The van der Waals surface area contributed by atoms with Crippen molar-refractivity contribution >= 4 is 28.7 Å². The van der Waals surface area contributed by atoms with Crippen LogP contribution in [0.5, 0.6) is 17.2 Å². The number of para-hydroxylation sites is 1. The molecule has 0 aliphatic carbocycles. The zero-order chi connectivity index (χ0) is 30.7. The summed E-state index contributed by atoms with van der Waals surface area (Å²) in [6, 6.07) is 48.4. The molecule has 218 valence electrons. The van der Waals surface area contributed by atoms with Crippen molar-refractivity contribution < 1.29 is 9.84 Å². The number of hydrogen-bond acceptors (Lipinski definition) is 3. The first-order valence-corrected chi connectivity index (χ1v) is 15.1. The molecule has 0 unspecified atom stereocenters. The summed E-state index contributed by atoms with van der Waals surface area (Å²) in [4.78, 5) is 2.23. The third kappa shape index (κ3) is 6.34. The highest BCUT2D eigenvalue weighted by molar-refractivity contribution is 6.30. The lowest BCUT2D eigenvalue weighted by molar-refractivity contribution is 0.475. The summed E-state index contributed by atoms with van der Waals surface area (Å²) >= 11 is 6.31. The molecular formula is C40H34ClNO2. The molecule has 0 saturated carbocycles. The number of rotatable bonds is 7. The van der Waals surface area contributed by atoms with E-state index in [0.29, 0.717) is 16.5 Å². The van der Waals surface area contributed by atoms with Crippen molar-refractivity contribution in [1.29, 1.82) is 0 Å². The van der Waals surface area contributed by atoms with Gasteiger partial charge in [-0.15, -0.1) is 0 Å². The number of aromatic hydroxyl groups is 1. The first-order chi connectivity index (χ1) is 21.3. The van der Waals surface area contributed by atoms with E-state index in [1.54, 1.807) is 12.1 Å². The lowest BCUT2D eigenvalue weighted by atomic mass is 9.86. The average molecular weight is 596 g/mol. The summed E-state index contributed by atoms with van der Waals surface area (Å²) in [5.41, 5.74) is 7.97. The summed E-state index contributed by atoms with van der Waals surface area (Å²) in [5, 5.41) is 11.3. The topological polar surface area (TPSA) is 32.7 Å². The highest BCUT2D eigenvalue weighted by Gasteiger charge is 2.25. The molecule has 0 aliphatic rings. The summed E-state index contributed by atoms with van der Waals surface area (Å²) in [7, 11) is 0. The number of halogens is 1. The Morgan fingerprint density at radius 2 is 1.18 bits per heavy atom. The Hall–Kier alpha value is -4.99. The van der Waals surface area contributed by atoms with Crippen LogP contribution in [0.3, 0.4) is 0 Å². The average Bonchev–Trinajstić information content (AvgIpc) is 3.02. The van der Waals surface area contributed by atoms with Gasteiger partial charge in [-0.25, -0.2) is 0 Å². The van der Waals surface area contributed by atoms with Crippen molar-refractivity contribution in [2.24, 2.45) is 0 Å². The van der Waals surface area contributed by atoms with Crippen molar-refractivity contribution in [3.63, 3.8) is 0 Å². The molecule has 0 atom stereocenters. The largest absolute Gasteiger partial charge is 0.508 e. The number of benzene rings is 6. The van der Waals surface area contributed by atoms with Gasteiger partial charge in [-0.1, -0.05) is 123 Å². The Labute approximate surface area is 264 Å². The second-order valence-electron chi connectivity index (χ2n) is 11.8. The van der Waals surface area contributed by atoms with E-state index in [9.17, 15) is 5.11 Å². The van der Waals surface area contributed by atoms with Gasteiger partial charge >= 0.3 is 0 Å². The number of ether oxygens (including phenoxy) is 1. The molecule has 0 spiro atoms. The van der Waals surface area contributed by atoms with E-state index < -0.39 is 0 Å². The van der Waals surface area contributed by atoms with Crippen LogP contribution in [0, 0.1) is 0 Å². The van der Waals surface area contributed by atoms with Gasteiger partial charge in [0.05, 0.1) is 11.4 Å². The minimum Gasteiger partial charge on any atom is -0.508 e. The van der Waals surface area contributed by atoms with Gasteiger partial charge < -0.3 is 14.7 Å². The fourth-order valence-electron chi connectivity index (χ4n) is 5.40. The van der Waals surface area contributed by atoms with Gasteiger partial charge in [-0.05, 0) is 64.6 Å². The maximum atomic E-state index is 10.7. The van der Waals surface area contributed by atoms with E-state index in [1.165, 1.54) is 0 Å². The Morgan fingerprint density at radius 3 is 1.77 bits per heavy atom. The van der Waals surface area contributed by atoms with Crippen LogP contribution < -0.4 is 9.64 Å². The van der Waals surface area contributed by atoms with Crippen molar-refractivity contribution in [3.05, 3.63) is 156 Å². The Bertz CT molecular complexity index is 1840. The molecule has 6 rings (SSSR count). The second kappa shape index (κ2) is 12.3. The number of phenols is 1. The van der Waals surface area contributed by atoms with Gasteiger partial charge in [-0.3, -0.25) is 0 Å². The zero-order valence-electron chi connectivity index (χ0n) is 25.0. The molecule has 0 fully saturated rings. The summed E-state index contributed by atoms with van der Waals surface area (Å²) in [6.45, 7) is 6.59. The maximum absolute atomic E-state index is 10.7. The molecule has 1 N–H and O–H groups in total.